The smallest absolute Gasteiger partial charge is 0.327 e. The van der Waals surface area contributed by atoms with Crippen molar-refractivity contribution >= 4 is 39.2 Å². The van der Waals surface area contributed by atoms with Crippen molar-refractivity contribution in [3.05, 3.63) is 0 Å². The molecule has 2 N–H and O–H groups in total. The molecule has 50 valence electrons. The Labute approximate surface area is 64.2 Å². The average molecular weight is 193 g/mol. The summed E-state index contributed by atoms with van der Waals surface area (Å²) >= 11 is 16.6. The van der Waals surface area contributed by atoms with Crippen molar-refractivity contribution in [1.82, 2.24) is 0 Å². The summed E-state index contributed by atoms with van der Waals surface area (Å²) in [5, 5.41) is 0. The largest absolute Gasteiger partial charge is 0.357 e. The molecule has 0 aliphatic heterocycles. The van der Waals surface area contributed by atoms with E-state index in [0.717, 1.165) is 6.42 Å². The first-order valence-electron chi connectivity index (χ1n) is 2.30. The molecule has 0 rings (SSSR count). The minimum Gasteiger partial charge on any atom is -0.327 e. The first kappa shape index (κ1) is 9.05. The number of hydrogen-bond acceptors (Lipinski definition) is 1. The van der Waals surface area contributed by atoms with E-state index < -0.39 is 6.00 Å². The normalized spacial score (nSPS) is 16.1. The summed E-state index contributed by atoms with van der Waals surface area (Å²) in [5.74, 6) is 0. The first-order chi connectivity index (χ1) is 3.48. The molecule has 0 aliphatic rings. The molecule has 1 nitrogen and oxygen atoms in total. The Morgan fingerprint density at radius 2 is 1.88 bits per heavy atom. The average Bonchev–Trinajstić information content (AvgIpc) is 1.62. The van der Waals surface area contributed by atoms with Gasteiger partial charge in [0.2, 0.25) is 0 Å². The maximum absolute atomic E-state index is 5.53. The highest BCUT2D eigenvalue weighted by Crippen LogP contribution is 2.23. The second-order valence-corrected chi connectivity index (χ2v) is 10.5. The highest BCUT2D eigenvalue weighted by molar-refractivity contribution is 7.65. The van der Waals surface area contributed by atoms with Gasteiger partial charge in [0.15, 0.2) is 0 Å². The van der Waals surface area contributed by atoms with Crippen LogP contribution in [0, 0.1) is 0 Å². The quantitative estimate of drug-likeness (QED) is 0.525. The lowest BCUT2D eigenvalue weighted by Crippen LogP contribution is -2.38. The number of rotatable bonds is 2. The first-order valence-corrected chi connectivity index (χ1v) is 7.42. The molecule has 0 heterocycles. The summed E-state index contributed by atoms with van der Waals surface area (Å²) < 4.78 is 0. The minimum atomic E-state index is -2.57. The third kappa shape index (κ3) is 3.15. The molecule has 0 aromatic heterocycles. The van der Waals surface area contributed by atoms with E-state index in [2.05, 4.69) is 0 Å². The molecule has 1 unspecified atom stereocenters. The van der Waals surface area contributed by atoms with Crippen molar-refractivity contribution in [3.8, 4) is 0 Å². The molecule has 0 fully saturated rings. The van der Waals surface area contributed by atoms with Crippen LogP contribution in [-0.2, 0) is 0 Å². The Kier molecular flexibility index (Phi) is 3.70. The zero-order chi connectivity index (χ0) is 6.78. The number of nitrogens with two attached hydrogens (primary N) is 1. The second kappa shape index (κ2) is 3.27. The van der Waals surface area contributed by atoms with Gasteiger partial charge >= 0.3 is 6.00 Å². The predicted molar refractivity (Wildman–Crippen MR) is 41.6 cm³/mol. The zero-order valence-electron chi connectivity index (χ0n) is 4.50. The standard InChI is InChI=1S/C3H8Cl3NSi/c1-2-3(7)8(4,5)6/h3H,2,7H2,1H3. The van der Waals surface area contributed by atoms with Gasteiger partial charge in [-0.25, -0.2) is 0 Å². The third-order valence-corrected chi connectivity index (χ3v) is 4.63. The fourth-order valence-electron chi connectivity index (χ4n) is 0.231. The van der Waals surface area contributed by atoms with Crippen LogP contribution in [0.15, 0.2) is 0 Å². The Morgan fingerprint density at radius 1 is 1.50 bits per heavy atom. The molecule has 8 heavy (non-hydrogen) atoms. The lowest BCUT2D eigenvalue weighted by molar-refractivity contribution is 0.846. The van der Waals surface area contributed by atoms with E-state index in [9.17, 15) is 0 Å². The topological polar surface area (TPSA) is 26.0 Å². The third-order valence-electron chi connectivity index (χ3n) is 0.860. The number of halogens is 3. The molecule has 0 radical (unpaired) electrons. The van der Waals surface area contributed by atoms with Crippen LogP contribution in [0.1, 0.15) is 13.3 Å². The molecule has 0 saturated heterocycles. The molecule has 0 aliphatic carbocycles. The van der Waals surface area contributed by atoms with Crippen LogP contribution < -0.4 is 5.73 Å². The predicted octanol–water partition coefficient (Wildman–Crippen LogP) is 1.92. The van der Waals surface area contributed by atoms with Crippen molar-refractivity contribution in [2.75, 3.05) is 0 Å². The molecule has 0 bridgehead atoms. The van der Waals surface area contributed by atoms with Crippen molar-refractivity contribution in [2.24, 2.45) is 5.73 Å². The fourth-order valence-corrected chi connectivity index (χ4v) is 2.08. The lowest BCUT2D eigenvalue weighted by Gasteiger charge is -2.13. The summed E-state index contributed by atoms with van der Waals surface area (Å²) in [6.45, 7) is 1.90. The molecule has 0 aromatic carbocycles. The Morgan fingerprint density at radius 3 is 1.88 bits per heavy atom. The lowest BCUT2D eigenvalue weighted by atomic mass is 10.5. The highest BCUT2D eigenvalue weighted by Gasteiger charge is 2.32. The van der Waals surface area contributed by atoms with Gasteiger partial charge in [-0.05, 0) is 6.42 Å². The van der Waals surface area contributed by atoms with E-state index >= 15 is 0 Å². The molecular formula is C3H8Cl3NSi. The molecule has 5 heteroatoms. The summed E-state index contributed by atoms with van der Waals surface area (Å²) in [6.07, 6.45) is 0.739. The van der Waals surface area contributed by atoms with E-state index in [0.29, 0.717) is 0 Å². The van der Waals surface area contributed by atoms with Crippen LogP contribution in [0.3, 0.4) is 0 Å². The molecule has 0 spiro atoms. The van der Waals surface area contributed by atoms with E-state index in [4.69, 9.17) is 39.0 Å². The van der Waals surface area contributed by atoms with Crippen LogP contribution >= 0.6 is 33.2 Å². The zero-order valence-corrected chi connectivity index (χ0v) is 7.76. The fraction of sp³-hybridized carbons (Fsp3) is 1.00. The maximum Gasteiger partial charge on any atom is 0.357 e. The van der Waals surface area contributed by atoms with E-state index in [1.165, 1.54) is 0 Å². The summed E-state index contributed by atoms with van der Waals surface area (Å²) in [7, 11) is 0. The molecule has 0 aromatic rings. The number of hydrogen-bond donors (Lipinski definition) is 1. The van der Waals surface area contributed by atoms with Gasteiger partial charge in [-0.3, -0.25) is 0 Å². The van der Waals surface area contributed by atoms with Crippen molar-refractivity contribution in [2.45, 2.75) is 19.0 Å². The van der Waals surface area contributed by atoms with Gasteiger partial charge in [0.1, 0.15) is 0 Å². The van der Waals surface area contributed by atoms with Crippen LogP contribution in [0.4, 0.5) is 0 Å². The minimum absolute atomic E-state index is 0.215. The van der Waals surface area contributed by atoms with Crippen LogP contribution in [-0.4, -0.2) is 11.7 Å². The van der Waals surface area contributed by atoms with Gasteiger partial charge < -0.3 is 5.73 Å². The van der Waals surface area contributed by atoms with Crippen molar-refractivity contribution in [1.29, 1.82) is 0 Å². The maximum atomic E-state index is 5.53. The van der Waals surface area contributed by atoms with Gasteiger partial charge in [0.25, 0.3) is 0 Å². The van der Waals surface area contributed by atoms with Crippen molar-refractivity contribution in [3.63, 3.8) is 0 Å². The SMILES string of the molecule is CCC(N)[Si](Cl)(Cl)Cl. The highest BCUT2D eigenvalue weighted by atomic mass is 35.8. The Bertz CT molecular complexity index is 71.4. The van der Waals surface area contributed by atoms with Gasteiger partial charge in [-0.2, -0.15) is 0 Å². The molecule has 1 atom stereocenters. The van der Waals surface area contributed by atoms with Crippen molar-refractivity contribution < 1.29 is 0 Å². The molecular weight excluding hydrogens is 184 g/mol. The van der Waals surface area contributed by atoms with E-state index in [-0.39, 0.29) is 5.67 Å². The summed E-state index contributed by atoms with van der Waals surface area (Å²) in [5.41, 5.74) is 5.20. The van der Waals surface area contributed by atoms with Crippen LogP contribution in [0.5, 0.6) is 0 Å². The molecule has 0 saturated carbocycles. The van der Waals surface area contributed by atoms with E-state index in [1.54, 1.807) is 0 Å². The van der Waals surface area contributed by atoms with Gasteiger partial charge in [0, 0.05) is 5.67 Å². The van der Waals surface area contributed by atoms with Gasteiger partial charge in [-0.15, -0.1) is 33.2 Å². The molecule has 0 amide bonds. The van der Waals surface area contributed by atoms with Crippen LogP contribution in [0.2, 0.25) is 0 Å². The van der Waals surface area contributed by atoms with Crippen LogP contribution in [0.25, 0.3) is 0 Å². The Balaban J connectivity index is 3.62. The van der Waals surface area contributed by atoms with Gasteiger partial charge in [-0.1, -0.05) is 6.92 Å². The summed E-state index contributed by atoms with van der Waals surface area (Å²) in [6, 6.07) is -2.57. The second-order valence-electron chi connectivity index (χ2n) is 1.56. The Hall–Kier alpha value is 1.05. The monoisotopic (exact) mass is 191 g/mol. The van der Waals surface area contributed by atoms with E-state index in [1.807, 2.05) is 6.92 Å². The summed E-state index contributed by atoms with van der Waals surface area (Å²) in [4.78, 5) is 0. The van der Waals surface area contributed by atoms with Gasteiger partial charge in [0.05, 0.1) is 0 Å².